The minimum Gasteiger partial charge on any atom is -0.327 e. The van der Waals surface area contributed by atoms with Crippen LogP contribution in [0, 0.1) is 11.3 Å². The molecule has 1 unspecified atom stereocenters. The van der Waals surface area contributed by atoms with E-state index in [1.165, 1.54) is 0 Å². The number of thiophene rings is 1. The van der Waals surface area contributed by atoms with Crippen LogP contribution in [0.3, 0.4) is 0 Å². The number of hydrogen-bond acceptors (Lipinski definition) is 4. The first-order chi connectivity index (χ1) is 9.18. The van der Waals surface area contributed by atoms with Gasteiger partial charge in [-0.15, -0.1) is 11.3 Å². The molecule has 0 saturated carbocycles. The quantitative estimate of drug-likeness (QED) is 0.881. The van der Waals surface area contributed by atoms with Crippen LogP contribution in [0.4, 0.5) is 0 Å². The van der Waals surface area contributed by atoms with Gasteiger partial charge in [-0.2, -0.15) is 5.26 Å². The van der Waals surface area contributed by atoms with E-state index >= 15 is 0 Å². The van der Waals surface area contributed by atoms with Gasteiger partial charge in [-0.3, -0.25) is 5.32 Å². The molecule has 0 bridgehead atoms. The zero-order valence-corrected chi connectivity index (χ0v) is 12.1. The van der Waals surface area contributed by atoms with Gasteiger partial charge < -0.3 is 4.57 Å². The van der Waals surface area contributed by atoms with Gasteiger partial charge in [0.2, 0.25) is 0 Å². The van der Waals surface area contributed by atoms with Gasteiger partial charge in [0.15, 0.2) is 0 Å². The van der Waals surface area contributed by atoms with Crippen LogP contribution in [0.15, 0.2) is 29.9 Å². The first-order valence-corrected chi connectivity index (χ1v) is 7.28. The summed E-state index contributed by atoms with van der Waals surface area (Å²) >= 11 is 1.66. The topological polar surface area (TPSA) is 53.6 Å². The van der Waals surface area contributed by atoms with E-state index in [9.17, 15) is 5.26 Å². The van der Waals surface area contributed by atoms with Crippen LogP contribution < -0.4 is 5.32 Å². The molecule has 1 N–H and O–H groups in total. The molecular formula is C14H18N4S. The molecule has 2 heterocycles. The number of aromatic nitrogens is 2. The second kappa shape index (κ2) is 6.00. The van der Waals surface area contributed by atoms with Crippen LogP contribution in [-0.2, 0) is 6.54 Å². The third kappa shape index (κ3) is 3.22. The number of hydrogen-bond donors (Lipinski definition) is 1. The number of nitriles is 1. The lowest BCUT2D eigenvalue weighted by molar-refractivity contribution is 0.390. The Morgan fingerprint density at radius 2 is 2.42 bits per heavy atom. The summed E-state index contributed by atoms with van der Waals surface area (Å²) in [4.78, 5) is 5.52. The Labute approximate surface area is 117 Å². The Kier molecular flexibility index (Phi) is 4.35. The first-order valence-electron chi connectivity index (χ1n) is 6.40. The Hall–Kier alpha value is -1.64. The van der Waals surface area contributed by atoms with Gasteiger partial charge >= 0.3 is 0 Å². The van der Waals surface area contributed by atoms with Gasteiger partial charge in [-0.1, -0.05) is 13.0 Å². The molecule has 0 radical (unpaired) electrons. The molecule has 0 aliphatic heterocycles. The highest BCUT2D eigenvalue weighted by Gasteiger charge is 2.24. The molecular weight excluding hydrogens is 256 g/mol. The molecule has 5 heteroatoms. The standard InChI is InChI=1S/C14H18N4S/c1-3-6-17-14(2,10-15)11-18-8-7-16-13(18)12-5-4-9-19-12/h4-5,7-9,17H,3,6,11H2,1-2H3. The van der Waals surface area contributed by atoms with E-state index in [0.29, 0.717) is 6.54 Å². The van der Waals surface area contributed by atoms with Gasteiger partial charge in [0.1, 0.15) is 11.4 Å². The molecule has 1 atom stereocenters. The maximum atomic E-state index is 9.39. The number of rotatable bonds is 6. The molecule has 19 heavy (non-hydrogen) atoms. The van der Waals surface area contributed by atoms with Gasteiger partial charge in [-0.05, 0) is 31.3 Å². The van der Waals surface area contributed by atoms with Crippen molar-refractivity contribution in [1.82, 2.24) is 14.9 Å². The van der Waals surface area contributed by atoms with Gasteiger partial charge in [-0.25, -0.2) is 4.98 Å². The Balaban J connectivity index is 2.20. The van der Waals surface area contributed by atoms with Crippen molar-refractivity contribution in [2.24, 2.45) is 0 Å². The van der Waals surface area contributed by atoms with Gasteiger partial charge in [0.25, 0.3) is 0 Å². The van der Waals surface area contributed by atoms with Crippen LogP contribution in [0.5, 0.6) is 0 Å². The molecule has 0 spiro atoms. The molecule has 2 aromatic rings. The summed E-state index contributed by atoms with van der Waals surface area (Å²) in [7, 11) is 0. The minimum absolute atomic E-state index is 0.567. The molecule has 0 aliphatic rings. The maximum Gasteiger partial charge on any atom is 0.150 e. The fourth-order valence-corrected chi connectivity index (χ4v) is 2.68. The Morgan fingerprint density at radius 1 is 1.58 bits per heavy atom. The smallest absolute Gasteiger partial charge is 0.150 e. The molecule has 0 amide bonds. The highest BCUT2D eigenvalue weighted by atomic mass is 32.1. The molecule has 4 nitrogen and oxygen atoms in total. The van der Waals surface area contributed by atoms with Gasteiger partial charge in [0.05, 0.1) is 17.5 Å². The Bertz CT molecular complexity index is 552. The highest BCUT2D eigenvalue weighted by Crippen LogP contribution is 2.24. The average molecular weight is 274 g/mol. The van der Waals surface area contributed by atoms with E-state index in [0.717, 1.165) is 23.7 Å². The van der Waals surface area contributed by atoms with Crippen molar-refractivity contribution in [2.45, 2.75) is 32.4 Å². The van der Waals surface area contributed by atoms with Gasteiger partial charge in [0, 0.05) is 12.4 Å². The summed E-state index contributed by atoms with van der Waals surface area (Å²) in [5.41, 5.74) is -0.567. The first kappa shape index (κ1) is 13.8. The van der Waals surface area contributed by atoms with E-state index in [-0.39, 0.29) is 0 Å². The lowest BCUT2D eigenvalue weighted by Crippen LogP contribution is -2.45. The number of nitrogens with zero attached hydrogens (tertiary/aromatic N) is 3. The summed E-state index contributed by atoms with van der Waals surface area (Å²) in [5.74, 6) is 0.926. The lowest BCUT2D eigenvalue weighted by Gasteiger charge is -2.24. The second-order valence-corrected chi connectivity index (χ2v) is 5.67. The summed E-state index contributed by atoms with van der Waals surface area (Å²) in [6.07, 6.45) is 4.73. The van der Waals surface area contributed by atoms with Crippen molar-refractivity contribution in [3.8, 4) is 16.8 Å². The van der Waals surface area contributed by atoms with E-state index in [1.807, 2.05) is 35.2 Å². The fraction of sp³-hybridized carbons (Fsp3) is 0.429. The van der Waals surface area contributed by atoms with E-state index in [1.54, 1.807) is 17.5 Å². The molecule has 0 fully saturated rings. The van der Waals surface area contributed by atoms with Crippen LogP contribution in [0.1, 0.15) is 20.3 Å². The summed E-state index contributed by atoms with van der Waals surface area (Å²) in [5, 5.41) is 14.7. The Morgan fingerprint density at radius 3 is 3.05 bits per heavy atom. The normalized spacial score (nSPS) is 13.9. The SMILES string of the molecule is CCCNC(C)(C#N)Cn1ccnc1-c1cccs1. The average Bonchev–Trinajstić information content (AvgIpc) is 3.06. The van der Waals surface area contributed by atoms with E-state index in [2.05, 4.69) is 23.3 Å². The summed E-state index contributed by atoms with van der Waals surface area (Å²) in [6.45, 7) is 5.46. The predicted molar refractivity (Wildman–Crippen MR) is 77.9 cm³/mol. The second-order valence-electron chi connectivity index (χ2n) is 4.73. The van der Waals surface area contributed by atoms with Crippen LogP contribution >= 0.6 is 11.3 Å². The molecule has 100 valence electrons. The summed E-state index contributed by atoms with van der Waals surface area (Å²) < 4.78 is 2.04. The van der Waals surface area contributed by atoms with Crippen LogP contribution in [0.25, 0.3) is 10.7 Å². The molecule has 2 rings (SSSR count). The number of imidazole rings is 1. The van der Waals surface area contributed by atoms with Crippen LogP contribution in [-0.4, -0.2) is 21.6 Å². The lowest BCUT2D eigenvalue weighted by atomic mass is 10.0. The largest absolute Gasteiger partial charge is 0.327 e. The summed E-state index contributed by atoms with van der Waals surface area (Å²) in [6, 6.07) is 6.43. The van der Waals surface area contributed by atoms with E-state index < -0.39 is 5.54 Å². The third-order valence-corrected chi connectivity index (χ3v) is 3.82. The predicted octanol–water partition coefficient (Wildman–Crippen LogP) is 2.89. The minimum atomic E-state index is -0.567. The van der Waals surface area contributed by atoms with Crippen molar-refractivity contribution in [3.63, 3.8) is 0 Å². The zero-order chi connectivity index (χ0) is 13.7. The fourth-order valence-electron chi connectivity index (χ4n) is 1.94. The highest BCUT2D eigenvalue weighted by molar-refractivity contribution is 7.13. The van der Waals surface area contributed by atoms with Crippen molar-refractivity contribution in [1.29, 1.82) is 5.26 Å². The molecule has 0 saturated heterocycles. The van der Waals surface area contributed by atoms with Crippen LogP contribution in [0.2, 0.25) is 0 Å². The van der Waals surface area contributed by atoms with Crippen molar-refractivity contribution in [3.05, 3.63) is 29.9 Å². The van der Waals surface area contributed by atoms with Crippen molar-refractivity contribution in [2.75, 3.05) is 6.54 Å². The maximum absolute atomic E-state index is 9.39. The van der Waals surface area contributed by atoms with Crippen molar-refractivity contribution < 1.29 is 0 Å². The van der Waals surface area contributed by atoms with Crippen molar-refractivity contribution >= 4 is 11.3 Å². The molecule has 0 aromatic carbocycles. The monoisotopic (exact) mass is 274 g/mol. The zero-order valence-electron chi connectivity index (χ0n) is 11.3. The molecule has 2 aromatic heterocycles. The number of nitrogens with one attached hydrogen (secondary N) is 1. The van der Waals surface area contributed by atoms with E-state index in [4.69, 9.17) is 0 Å². The molecule has 0 aliphatic carbocycles. The third-order valence-electron chi connectivity index (χ3n) is 2.96.